The molecule has 150 valence electrons. The number of halogens is 3. The van der Waals surface area contributed by atoms with Crippen molar-refractivity contribution < 1.29 is 22.6 Å². The van der Waals surface area contributed by atoms with Gasteiger partial charge in [-0.15, -0.1) is 6.58 Å². The van der Waals surface area contributed by atoms with Crippen LogP contribution in [0.5, 0.6) is 11.5 Å². The molecule has 0 radical (unpaired) electrons. The molecular formula is C24H21F3O2. The average molecular weight is 398 g/mol. The second-order valence-electron chi connectivity index (χ2n) is 6.52. The first-order valence-corrected chi connectivity index (χ1v) is 9.17. The highest BCUT2D eigenvalue weighted by atomic mass is 19.3. The molecule has 0 aromatic heterocycles. The van der Waals surface area contributed by atoms with Crippen molar-refractivity contribution in [2.45, 2.75) is 19.0 Å². The van der Waals surface area contributed by atoms with Crippen LogP contribution in [0.25, 0.3) is 10.8 Å². The first kappa shape index (κ1) is 20.5. The summed E-state index contributed by atoms with van der Waals surface area (Å²) in [5.41, 5.74) is 0.254. The summed E-state index contributed by atoms with van der Waals surface area (Å²) < 4.78 is 53.6. The third-order valence-corrected chi connectivity index (χ3v) is 4.40. The molecule has 0 fully saturated rings. The van der Waals surface area contributed by atoms with E-state index in [1.165, 1.54) is 42.5 Å². The molecule has 0 unspecified atom stereocenters. The van der Waals surface area contributed by atoms with E-state index in [0.29, 0.717) is 29.5 Å². The Balaban J connectivity index is 1.80. The largest absolute Gasteiger partial charge is 0.490 e. The summed E-state index contributed by atoms with van der Waals surface area (Å²) in [5, 5.41) is 1.25. The van der Waals surface area contributed by atoms with Gasteiger partial charge in [-0.2, -0.15) is 8.78 Å². The van der Waals surface area contributed by atoms with Crippen molar-refractivity contribution in [3.63, 3.8) is 0 Å². The Morgan fingerprint density at radius 2 is 1.59 bits per heavy atom. The van der Waals surface area contributed by atoms with Crippen molar-refractivity contribution in [1.82, 2.24) is 0 Å². The summed E-state index contributed by atoms with van der Waals surface area (Å²) in [4.78, 5) is 0. The van der Waals surface area contributed by atoms with Crippen LogP contribution in [0, 0.1) is 5.82 Å². The molecule has 3 rings (SSSR count). The van der Waals surface area contributed by atoms with Crippen molar-refractivity contribution in [2.24, 2.45) is 0 Å². The van der Waals surface area contributed by atoms with Gasteiger partial charge < -0.3 is 9.47 Å². The highest BCUT2D eigenvalue weighted by Crippen LogP contribution is 2.34. The molecule has 0 bridgehead atoms. The van der Waals surface area contributed by atoms with Gasteiger partial charge >= 0.3 is 6.11 Å². The van der Waals surface area contributed by atoms with E-state index in [1.54, 1.807) is 24.3 Å². The number of allylic oxidation sites excluding steroid dienone is 1. The second-order valence-corrected chi connectivity index (χ2v) is 6.52. The van der Waals surface area contributed by atoms with Crippen molar-refractivity contribution >= 4 is 10.8 Å². The topological polar surface area (TPSA) is 18.5 Å². The number of fused-ring (bicyclic) bond motifs is 1. The summed E-state index contributed by atoms with van der Waals surface area (Å²) >= 11 is 0. The van der Waals surface area contributed by atoms with E-state index in [9.17, 15) is 13.2 Å². The Morgan fingerprint density at radius 3 is 2.28 bits per heavy atom. The van der Waals surface area contributed by atoms with Gasteiger partial charge in [0, 0.05) is 0 Å². The zero-order valence-electron chi connectivity index (χ0n) is 15.8. The van der Waals surface area contributed by atoms with Gasteiger partial charge in [0.1, 0.15) is 23.9 Å². The Hall–Kier alpha value is -3.21. The second kappa shape index (κ2) is 8.86. The number of ether oxygens (including phenoxy) is 2. The van der Waals surface area contributed by atoms with E-state index >= 15 is 0 Å². The first-order valence-electron chi connectivity index (χ1n) is 9.17. The van der Waals surface area contributed by atoms with Crippen LogP contribution in [0.3, 0.4) is 0 Å². The van der Waals surface area contributed by atoms with E-state index in [1.807, 2.05) is 0 Å². The van der Waals surface area contributed by atoms with E-state index in [-0.39, 0.29) is 23.7 Å². The van der Waals surface area contributed by atoms with Crippen LogP contribution in [0.4, 0.5) is 13.2 Å². The van der Waals surface area contributed by atoms with E-state index < -0.39 is 6.11 Å². The molecule has 5 heteroatoms. The molecule has 3 aromatic rings. The van der Waals surface area contributed by atoms with Crippen molar-refractivity contribution in [2.75, 3.05) is 6.61 Å². The van der Waals surface area contributed by atoms with Crippen molar-refractivity contribution in [3.8, 4) is 11.5 Å². The molecular weight excluding hydrogens is 377 g/mol. The summed E-state index contributed by atoms with van der Waals surface area (Å²) in [6.45, 7) is 7.45. The SMILES string of the molecule is C=CCCc1cc2ccc(OC(F)(F)c3ccc(OCC=C)cc3)cc2cc1F. The lowest BCUT2D eigenvalue weighted by molar-refractivity contribution is -0.185. The van der Waals surface area contributed by atoms with E-state index in [2.05, 4.69) is 13.2 Å². The zero-order valence-corrected chi connectivity index (χ0v) is 15.8. The molecule has 0 heterocycles. The van der Waals surface area contributed by atoms with Gasteiger partial charge in [-0.05, 0) is 77.7 Å². The first-order chi connectivity index (χ1) is 13.9. The third-order valence-electron chi connectivity index (χ3n) is 4.40. The molecule has 0 aliphatic rings. The molecule has 0 aliphatic carbocycles. The standard InChI is InChI=1S/C24H21F3O2/c1-3-5-6-18-14-17-7-10-22(15-19(17)16-23(18)25)29-24(26,27)20-8-11-21(12-9-20)28-13-4-2/h3-4,7-12,14-16H,1-2,5-6,13H2. The average Bonchev–Trinajstić information content (AvgIpc) is 2.70. The Kier molecular flexibility index (Phi) is 6.27. The van der Waals surface area contributed by atoms with E-state index in [4.69, 9.17) is 9.47 Å². The number of hydrogen-bond acceptors (Lipinski definition) is 2. The van der Waals surface area contributed by atoms with E-state index in [0.717, 1.165) is 5.39 Å². The zero-order chi connectivity index (χ0) is 20.9. The minimum absolute atomic E-state index is 0.0484. The maximum atomic E-state index is 14.5. The van der Waals surface area contributed by atoms with Crippen molar-refractivity contribution in [3.05, 3.63) is 96.9 Å². The number of rotatable bonds is 9. The normalized spacial score (nSPS) is 11.3. The monoisotopic (exact) mass is 398 g/mol. The van der Waals surface area contributed by atoms with Gasteiger partial charge in [0.2, 0.25) is 0 Å². The fourth-order valence-corrected chi connectivity index (χ4v) is 2.92. The third kappa shape index (κ3) is 4.99. The Bertz CT molecular complexity index is 1010. The number of alkyl halides is 2. The molecule has 0 saturated heterocycles. The van der Waals surface area contributed by atoms with Crippen LogP contribution < -0.4 is 9.47 Å². The Morgan fingerprint density at radius 1 is 0.862 bits per heavy atom. The minimum Gasteiger partial charge on any atom is -0.490 e. The molecule has 0 aliphatic heterocycles. The molecule has 0 spiro atoms. The molecule has 0 amide bonds. The highest BCUT2D eigenvalue weighted by Gasteiger charge is 2.34. The predicted octanol–water partition coefficient (Wildman–Crippen LogP) is 6.79. The molecule has 2 nitrogen and oxygen atoms in total. The lowest BCUT2D eigenvalue weighted by atomic mass is 10.0. The van der Waals surface area contributed by atoms with Crippen LogP contribution in [0.2, 0.25) is 0 Å². The maximum absolute atomic E-state index is 14.5. The quantitative estimate of drug-likeness (QED) is 0.370. The van der Waals surface area contributed by atoms with Gasteiger partial charge in [-0.1, -0.05) is 24.8 Å². The van der Waals surface area contributed by atoms with Gasteiger partial charge in [-0.3, -0.25) is 0 Å². The highest BCUT2D eigenvalue weighted by molar-refractivity contribution is 5.84. The van der Waals surface area contributed by atoms with Crippen LogP contribution in [-0.4, -0.2) is 6.61 Å². The van der Waals surface area contributed by atoms with Crippen molar-refractivity contribution in [1.29, 1.82) is 0 Å². The predicted molar refractivity (Wildman–Crippen MR) is 109 cm³/mol. The van der Waals surface area contributed by atoms with Gasteiger partial charge in [-0.25, -0.2) is 4.39 Å². The summed E-state index contributed by atoms with van der Waals surface area (Å²) in [5.74, 6) is 0.0315. The fraction of sp³-hybridized carbons (Fsp3) is 0.167. The smallest absolute Gasteiger partial charge is 0.426 e. The molecule has 3 aromatic carbocycles. The lowest BCUT2D eigenvalue weighted by Gasteiger charge is -2.19. The van der Waals surface area contributed by atoms with Gasteiger partial charge in [0.25, 0.3) is 0 Å². The number of benzene rings is 3. The van der Waals surface area contributed by atoms with Crippen LogP contribution in [0.15, 0.2) is 79.9 Å². The summed E-state index contributed by atoms with van der Waals surface area (Å²) in [7, 11) is 0. The lowest BCUT2D eigenvalue weighted by Crippen LogP contribution is -2.21. The van der Waals surface area contributed by atoms with Gasteiger partial charge in [0.05, 0.1) is 5.56 Å². The number of aryl methyl sites for hydroxylation is 1. The maximum Gasteiger partial charge on any atom is 0.426 e. The minimum atomic E-state index is -3.55. The van der Waals surface area contributed by atoms with Crippen LogP contribution in [0.1, 0.15) is 17.5 Å². The van der Waals surface area contributed by atoms with Gasteiger partial charge in [0.15, 0.2) is 0 Å². The molecule has 29 heavy (non-hydrogen) atoms. The fourth-order valence-electron chi connectivity index (χ4n) is 2.92. The van der Waals surface area contributed by atoms with Crippen LogP contribution >= 0.6 is 0 Å². The van der Waals surface area contributed by atoms with Crippen LogP contribution in [-0.2, 0) is 12.5 Å². The molecule has 0 saturated carbocycles. The number of hydrogen-bond donors (Lipinski definition) is 0. The molecule has 0 atom stereocenters. The summed E-state index contributed by atoms with van der Waals surface area (Å²) in [6.07, 6.45) is 0.936. The summed E-state index contributed by atoms with van der Waals surface area (Å²) in [6, 6.07) is 12.9. The molecule has 0 N–H and O–H groups in total. The Labute approximate surface area is 167 Å².